The van der Waals surface area contributed by atoms with E-state index in [1.807, 2.05) is 18.2 Å². The molecule has 3 rings (SSSR count). The van der Waals surface area contributed by atoms with E-state index in [1.165, 1.54) is 6.07 Å². The summed E-state index contributed by atoms with van der Waals surface area (Å²) in [6.45, 7) is 0.142. The normalized spacial score (nSPS) is 10.1. The van der Waals surface area contributed by atoms with Crippen LogP contribution >= 0.6 is 0 Å². The van der Waals surface area contributed by atoms with Crippen LogP contribution < -0.4 is 5.32 Å². The molecule has 23 heavy (non-hydrogen) atoms. The predicted molar refractivity (Wildman–Crippen MR) is 84.0 cm³/mol. The minimum Gasteiger partial charge on any atom is -0.356 e. The van der Waals surface area contributed by atoms with Crippen molar-refractivity contribution in [1.82, 2.24) is 10.5 Å². The highest BCUT2D eigenvalue weighted by molar-refractivity contribution is 5.86. The molecule has 0 atom stereocenters. The number of rotatable bonds is 3. The summed E-state index contributed by atoms with van der Waals surface area (Å²) in [6.07, 6.45) is 0.110. The molecule has 0 unspecified atom stereocenters. The van der Waals surface area contributed by atoms with E-state index in [0.717, 1.165) is 5.39 Å². The predicted octanol–water partition coefficient (Wildman–Crippen LogP) is 2.68. The molecular weight excluding hydrogens is 295 g/mol. The smallest absolute Gasteiger partial charge is 0.226 e. The summed E-state index contributed by atoms with van der Waals surface area (Å²) in [5, 5.41) is 7.38. The van der Waals surface area contributed by atoms with E-state index >= 15 is 0 Å². The number of para-hydroxylation sites is 1. The third-order valence-electron chi connectivity index (χ3n) is 3.25. The minimum atomic E-state index is -0.375. The number of fused-ring (bicyclic) bond motifs is 1. The number of benzene rings is 2. The van der Waals surface area contributed by atoms with Crippen LogP contribution in [-0.4, -0.2) is 17.6 Å². The molecule has 5 heteroatoms. The highest BCUT2D eigenvalue weighted by atomic mass is 19.1. The summed E-state index contributed by atoms with van der Waals surface area (Å²) >= 11 is 0. The maximum Gasteiger partial charge on any atom is 0.226 e. The molecule has 1 amide bonds. The summed E-state index contributed by atoms with van der Waals surface area (Å²) in [5.41, 5.74) is 1.54. The SMILES string of the molecule is O=C(Cc1noc2ccccc12)NCC#Cc1ccccc1F. The highest BCUT2D eigenvalue weighted by Gasteiger charge is 2.11. The van der Waals surface area contributed by atoms with Gasteiger partial charge >= 0.3 is 0 Å². The van der Waals surface area contributed by atoms with Crippen molar-refractivity contribution in [3.8, 4) is 11.8 Å². The number of hydrogen-bond donors (Lipinski definition) is 1. The van der Waals surface area contributed by atoms with Crippen molar-refractivity contribution in [2.45, 2.75) is 6.42 Å². The molecule has 4 nitrogen and oxygen atoms in total. The van der Waals surface area contributed by atoms with Gasteiger partial charge in [0.15, 0.2) is 5.58 Å². The van der Waals surface area contributed by atoms with E-state index in [-0.39, 0.29) is 24.7 Å². The average Bonchev–Trinajstić information content (AvgIpc) is 2.96. The zero-order chi connectivity index (χ0) is 16.1. The third-order valence-corrected chi connectivity index (χ3v) is 3.25. The fourth-order valence-corrected chi connectivity index (χ4v) is 2.12. The lowest BCUT2D eigenvalue weighted by molar-refractivity contribution is -0.120. The number of carbonyl (C=O) groups excluding carboxylic acids is 1. The molecule has 2 aromatic carbocycles. The molecule has 114 valence electrons. The Kier molecular flexibility index (Phi) is 4.34. The van der Waals surface area contributed by atoms with Gasteiger partial charge in [-0.2, -0.15) is 0 Å². The van der Waals surface area contributed by atoms with Gasteiger partial charge in [0.1, 0.15) is 11.5 Å². The maximum absolute atomic E-state index is 13.4. The van der Waals surface area contributed by atoms with Crippen LogP contribution in [0.2, 0.25) is 0 Å². The first-order valence-corrected chi connectivity index (χ1v) is 7.07. The molecule has 0 saturated carbocycles. The molecule has 3 aromatic rings. The molecule has 0 aliphatic heterocycles. The van der Waals surface area contributed by atoms with Crippen LogP contribution in [0.25, 0.3) is 11.0 Å². The quantitative estimate of drug-likeness (QED) is 0.757. The summed E-state index contributed by atoms with van der Waals surface area (Å²) in [5.74, 6) is 4.82. The first-order chi connectivity index (χ1) is 11.2. The Labute approximate surface area is 132 Å². The Morgan fingerprint density at radius 1 is 1.17 bits per heavy atom. The minimum absolute atomic E-state index is 0.110. The highest BCUT2D eigenvalue weighted by Crippen LogP contribution is 2.17. The molecule has 1 aromatic heterocycles. The zero-order valence-corrected chi connectivity index (χ0v) is 12.2. The van der Waals surface area contributed by atoms with Crippen molar-refractivity contribution in [2.24, 2.45) is 0 Å². The van der Waals surface area contributed by atoms with E-state index < -0.39 is 0 Å². The molecular formula is C18H13FN2O2. The van der Waals surface area contributed by atoms with Crippen LogP contribution in [0.3, 0.4) is 0 Å². The van der Waals surface area contributed by atoms with Crippen molar-refractivity contribution in [3.05, 3.63) is 65.6 Å². The van der Waals surface area contributed by atoms with E-state index in [1.54, 1.807) is 24.3 Å². The number of carbonyl (C=O) groups is 1. The second-order valence-electron chi connectivity index (χ2n) is 4.86. The molecule has 0 fully saturated rings. The zero-order valence-electron chi connectivity index (χ0n) is 12.2. The molecule has 0 radical (unpaired) electrons. The Bertz CT molecular complexity index is 906. The monoisotopic (exact) mass is 308 g/mol. The lowest BCUT2D eigenvalue weighted by atomic mass is 10.1. The Morgan fingerprint density at radius 2 is 1.96 bits per heavy atom. The van der Waals surface area contributed by atoms with Gasteiger partial charge in [0.25, 0.3) is 0 Å². The first-order valence-electron chi connectivity index (χ1n) is 7.07. The van der Waals surface area contributed by atoms with Crippen molar-refractivity contribution < 1.29 is 13.7 Å². The van der Waals surface area contributed by atoms with Crippen LogP contribution in [0.5, 0.6) is 0 Å². The van der Waals surface area contributed by atoms with Gasteiger partial charge in [-0.1, -0.05) is 41.3 Å². The Morgan fingerprint density at radius 3 is 2.83 bits per heavy atom. The van der Waals surface area contributed by atoms with Gasteiger partial charge in [-0.15, -0.1) is 0 Å². The fraction of sp³-hybridized carbons (Fsp3) is 0.111. The standard InChI is InChI=1S/C18H13FN2O2/c19-15-9-3-1-6-13(15)7-5-11-20-18(22)12-16-14-8-2-4-10-17(14)23-21-16/h1-4,6,8-10H,11-12H2,(H,20,22). The van der Waals surface area contributed by atoms with Crippen LogP contribution in [0.1, 0.15) is 11.3 Å². The molecule has 0 bridgehead atoms. The lowest BCUT2D eigenvalue weighted by Crippen LogP contribution is -2.25. The second-order valence-corrected chi connectivity index (χ2v) is 4.86. The van der Waals surface area contributed by atoms with Crippen LogP contribution in [-0.2, 0) is 11.2 Å². The van der Waals surface area contributed by atoms with Gasteiger partial charge in [-0.3, -0.25) is 4.79 Å². The maximum atomic E-state index is 13.4. The molecule has 0 aliphatic rings. The number of aromatic nitrogens is 1. The molecule has 1 N–H and O–H groups in total. The Balaban J connectivity index is 1.58. The number of nitrogens with one attached hydrogen (secondary N) is 1. The van der Waals surface area contributed by atoms with E-state index in [9.17, 15) is 9.18 Å². The largest absolute Gasteiger partial charge is 0.356 e. The number of halogens is 1. The van der Waals surface area contributed by atoms with Crippen molar-refractivity contribution >= 4 is 16.9 Å². The summed E-state index contributed by atoms with van der Waals surface area (Å²) in [4.78, 5) is 11.9. The van der Waals surface area contributed by atoms with E-state index in [2.05, 4.69) is 22.3 Å². The number of nitrogens with zero attached hydrogens (tertiary/aromatic N) is 1. The van der Waals surface area contributed by atoms with Crippen LogP contribution in [0.15, 0.2) is 53.1 Å². The Hall–Kier alpha value is -3.13. The summed E-state index contributed by atoms with van der Waals surface area (Å²) < 4.78 is 18.5. The van der Waals surface area contributed by atoms with E-state index in [0.29, 0.717) is 16.8 Å². The van der Waals surface area contributed by atoms with Crippen molar-refractivity contribution in [2.75, 3.05) is 6.54 Å². The fourth-order valence-electron chi connectivity index (χ4n) is 2.12. The van der Waals surface area contributed by atoms with Gasteiger partial charge < -0.3 is 9.84 Å². The van der Waals surface area contributed by atoms with Gasteiger partial charge in [0.05, 0.1) is 18.5 Å². The van der Waals surface area contributed by atoms with E-state index in [4.69, 9.17) is 4.52 Å². The second kappa shape index (κ2) is 6.75. The van der Waals surface area contributed by atoms with Gasteiger partial charge in [0, 0.05) is 5.39 Å². The van der Waals surface area contributed by atoms with Gasteiger partial charge in [-0.25, -0.2) is 4.39 Å². The molecule has 0 spiro atoms. The molecule has 0 saturated heterocycles. The number of hydrogen-bond acceptors (Lipinski definition) is 3. The first kappa shape index (κ1) is 14.8. The average molecular weight is 308 g/mol. The topological polar surface area (TPSA) is 55.1 Å². The third kappa shape index (κ3) is 3.55. The lowest BCUT2D eigenvalue weighted by Gasteiger charge is -1.98. The molecule has 1 heterocycles. The van der Waals surface area contributed by atoms with Crippen molar-refractivity contribution in [3.63, 3.8) is 0 Å². The molecule has 0 aliphatic carbocycles. The number of amides is 1. The van der Waals surface area contributed by atoms with Gasteiger partial charge in [-0.05, 0) is 24.3 Å². The van der Waals surface area contributed by atoms with Crippen molar-refractivity contribution in [1.29, 1.82) is 0 Å². The van der Waals surface area contributed by atoms with Gasteiger partial charge in [0.2, 0.25) is 5.91 Å². The van der Waals surface area contributed by atoms with Crippen LogP contribution in [0.4, 0.5) is 4.39 Å². The summed E-state index contributed by atoms with van der Waals surface area (Å²) in [6, 6.07) is 13.6. The van der Waals surface area contributed by atoms with Crippen LogP contribution in [0, 0.1) is 17.7 Å². The summed E-state index contributed by atoms with van der Waals surface area (Å²) in [7, 11) is 0.